The second-order valence-electron chi connectivity index (χ2n) is 4.27. The van der Waals surface area contributed by atoms with E-state index >= 15 is 0 Å². The monoisotopic (exact) mass is 414 g/mol. The maximum Gasteiger partial charge on any atom is 0.312 e. The lowest BCUT2D eigenvalue weighted by atomic mass is 10.2. The Bertz CT molecular complexity index is 677. The molecule has 0 aliphatic rings. The van der Waals surface area contributed by atoms with Crippen molar-refractivity contribution in [3.63, 3.8) is 0 Å². The van der Waals surface area contributed by atoms with Gasteiger partial charge in [-0.05, 0) is 52.8 Å². The Morgan fingerprint density at radius 1 is 1.19 bits per heavy atom. The van der Waals surface area contributed by atoms with E-state index in [9.17, 15) is 10.1 Å². The van der Waals surface area contributed by atoms with Crippen LogP contribution >= 0.6 is 31.9 Å². The Kier molecular flexibility index (Phi) is 5.33. The molecule has 7 heteroatoms. The van der Waals surface area contributed by atoms with E-state index in [4.69, 9.17) is 4.74 Å². The molecule has 0 aromatic heterocycles. The third kappa shape index (κ3) is 4.03. The molecule has 0 saturated carbocycles. The molecule has 2 rings (SSSR count). The predicted molar refractivity (Wildman–Crippen MR) is 87.8 cm³/mol. The largest absolute Gasteiger partial charge is 0.449 e. The third-order valence-corrected chi connectivity index (χ3v) is 3.83. The number of hydrogen-bond acceptors (Lipinski definition) is 4. The van der Waals surface area contributed by atoms with Crippen molar-refractivity contribution in [1.29, 1.82) is 0 Å². The minimum absolute atomic E-state index is 0.0874. The standard InChI is InChI=1S/C14H12Br2N2O3/c1-17-8-9-2-4-13(11(16)6-9)21-14-5-3-10(15)7-12(14)18(19)20/h2-7,17H,8H2,1H3. The van der Waals surface area contributed by atoms with E-state index in [0.717, 1.165) is 16.6 Å². The van der Waals surface area contributed by atoms with Gasteiger partial charge in [0.2, 0.25) is 5.75 Å². The number of nitrogens with one attached hydrogen (secondary N) is 1. The van der Waals surface area contributed by atoms with Crippen LogP contribution in [0.2, 0.25) is 0 Å². The molecule has 0 fully saturated rings. The molecule has 110 valence electrons. The van der Waals surface area contributed by atoms with Crippen LogP contribution in [0.4, 0.5) is 5.69 Å². The molecule has 0 bridgehead atoms. The van der Waals surface area contributed by atoms with Crippen LogP contribution in [0.3, 0.4) is 0 Å². The number of nitro benzene ring substituents is 1. The molecule has 0 amide bonds. The lowest BCUT2D eigenvalue weighted by molar-refractivity contribution is -0.385. The van der Waals surface area contributed by atoms with Crippen LogP contribution in [0.5, 0.6) is 11.5 Å². The molecule has 0 aliphatic heterocycles. The summed E-state index contributed by atoms with van der Waals surface area (Å²) in [5.41, 5.74) is 0.998. The molecule has 0 unspecified atom stereocenters. The lowest BCUT2D eigenvalue weighted by Crippen LogP contribution is -2.04. The van der Waals surface area contributed by atoms with E-state index in [-0.39, 0.29) is 11.4 Å². The highest BCUT2D eigenvalue weighted by molar-refractivity contribution is 9.10. The van der Waals surface area contributed by atoms with E-state index in [1.165, 1.54) is 6.07 Å². The topological polar surface area (TPSA) is 64.4 Å². The molecular formula is C14H12Br2N2O3. The highest BCUT2D eigenvalue weighted by Crippen LogP contribution is 2.36. The van der Waals surface area contributed by atoms with Crippen molar-refractivity contribution in [3.05, 3.63) is 61.0 Å². The van der Waals surface area contributed by atoms with Gasteiger partial charge in [0.15, 0.2) is 0 Å². The molecule has 0 heterocycles. The molecule has 21 heavy (non-hydrogen) atoms. The molecule has 0 spiro atoms. The average Bonchev–Trinajstić information content (AvgIpc) is 2.43. The summed E-state index contributed by atoms with van der Waals surface area (Å²) in [6, 6.07) is 10.3. The fourth-order valence-electron chi connectivity index (χ4n) is 1.78. The number of benzene rings is 2. The molecule has 0 atom stereocenters. The highest BCUT2D eigenvalue weighted by atomic mass is 79.9. The van der Waals surface area contributed by atoms with Gasteiger partial charge in [0.1, 0.15) is 5.75 Å². The normalized spacial score (nSPS) is 10.4. The Morgan fingerprint density at radius 2 is 1.90 bits per heavy atom. The van der Waals surface area contributed by atoms with Gasteiger partial charge >= 0.3 is 5.69 Å². The van der Waals surface area contributed by atoms with Crippen molar-refractivity contribution in [2.24, 2.45) is 0 Å². The first-order valence-electron chi connectivity index (χ1n) is 6.06. The van der Waals surface area contributed by atoms with Gasteiger partial charge in [-0.1, -0.05) is 22.0 Å². The number of ether oxygens (including phenoxy) is 1. The van der Waals surface area contributed by atoms with Crippen LogP contribution in [0.15, 0.2) is 45.3 Å². The molecule has 5 nitrogen and oxygen atoms in total. The smallest absolute Gasteiger partial charge is 0.312 e. The Labute approximate surface area is 138 Å². The quantitative estimate of drug-likeness (QED) is 0.571. The summed E-state index contributed by atoms with van der Waals surface area (Å²) in [6.45, 7) is 0.733. The first-order chi connectivity index (χ1) is 10.0. The van der Waals surface area contributed by atoms with Gasteiger partial charge in [-0.25, -0.2) is 0 Å². The molecule has 0 saturated heterocycles. The third-order valence-electron chi connectivity index (χ3n) is 2.71. The van der Waals surface area contributed by atoms with E-state index in [1.807, 2.05) is 19.2 Å². The van der Waals surface area contributed by atoms with E-state index in [1.54, 1.807) is 18.2 Å². The Balaban J connectivity index is 2.32. The minimum Gasteiger partial charge on any atom is -0.449 e. The summed E-state index contributed by atoms with van der Waals surface area (Å²) in [5, 5.41) is 14.1. The maximum atomic E-state index is 11.1. The molecule has 0 radical (unpaired) electrons. The Hall–Kier alpha value is -1.44. The molecule has 2 aromatic carbocycles. The fraction of sp³-hybridized carbons (Fsp3) is 0.143. The predicted octanol–water partition coefficient (Wildman–Crippen LogP) is 4.63. The highest BCUT2D eigenvalue weighted by Gasteiger charge is 2.17. The van der Waals surface area contributed by atoms with Crippen LogP contribution in [0, 0.1) is 10.1 Å². The van der Waals surface area contributed by atoms with Crippen molar-refractivity contribution in [2.75, 3.05) is 7.05 Å². The van der Waals surface area contributed by atoms with Crippen molar-refractivity contribution in [2.45, 2.75) is 6.54 Å². The number of rotatable bonds is 5. The van der Waals surface area contributed by atoms with Gasteiger partial charge in [0.25, 0.3) is 0 Å². The summed E-state index contributed by atoms with van der Waals surface area (Å²) in [4.78, 5) is 10.6. The van der Waals surface area contributed by atoms with Gasteiger partial charge in [0.05, 0.1) is 9.40 Å². The van der Waals surface area contributed by atoms with E-state index in [0.29, 0.717) is 10.2 Å². The fourth-order valence-corrected chi connectivity index (χ4v) is 2.64. The van der Waals surface area contributed by atoms with Crippen LogP contribution in [-0.2, 0) is 6.54 Å². The summed E-state index contributed by atoms with van der Waals surface area (Å²) in [7, 11) is 1.86. The molecule has 2 aromatic rings. The van der Waals surface area contributed by atoms with Crippen molar-refractivity contribution >= 4 is 37.5 Å². The number of nitrogens with zero attached hydrogens (tertiary/aromatic N) is 1. The van der Waals surface area contributed by atoms with Gasteiger partial charge in [-0.3, -0.25) is 10.1 Å². The van der Waals surface area contributed by atoms with Crippen molar-refractivity contribution < 1.29 is 9.66 Å². The number of nitro groups is 1. The summed E-state index contributed by atoms with van der Waals surface area (Å²) < 4.78 is 7.03. The van der Waals surface area contributed by atoms with E-state index < -0.39 is 4.92 Å². The maximum absolute atomic E-state index is 11.1. The first kappa shape index (κ1) is 15.9. The van der Waals surface area contributed by atoms with Gasteiger partial charge < -0.3 is 10.1 Å². The van der Waals surface area contributed by atoms with Crippen LogP contribution in [0.25, 0.3) is 0 Å². The lowest BCUT2D eigenvalue weighted by Gasteiger charge is -2.10. The van der Waals surface area contributed by atoms with Gasteiger partial charge in [-0.15, -0.1) is 0 Å². The average molecular weight is 416 g/mol. The molecular weight excluding hydrogens is 404 g/mol. The molecule has 0 aliphatic carbocycles. The van der Waals surface area contributed by atoms with Crippen LogP contribution in [-0.4, -0.2) is 12.0 Å². The number of halogens is 2. The van der Waals surface area contributed by atoms with Gasteiger partial charge in [0, 0.05) is 17.1 Å². The van der Waals surface area contributed by atoms with E-state index in [2.05, 4.69) is 37.2 Å². The SMILES string of the molecule is CNCc1ccc(Oc2ccc(Br)cc2[N+](=O)[O-])c(Br)c1. The van der Waals surface area contributed by atoms with Gasteiger partial charge in [-0.2, -0.15) is 0 Å². The zero-order chi connectivity index (χ0) is 15.4. The van der Waals surface area contributed by atoms with Crippen LogP contribution < -0.4 is 10.1 Å². The second-order valence-corrected chi connectivity index (χ2v) is 6.04. The second kappa shape index (κ2) is 7.02. The number of hydrogen-bond donors (Lipinski definition) is 1. The minimum atomic E-state index is -0.469. The first-order valence-corrected chi connectivity index (χ1v) is 7.64. The van der Waals surface area contributed by atoms with Crippen molar-refractivity contribution in [3.8, 4) is 11.5 Å². The van der Waals surface area contributed by atoms with Crippen LogP contribution in [0.1, 0.15) is 5.56 Å². The zero-order valence-corrected chi connectivity index (χ0v) is 14.3. The van der Waals surface area contributed by atoms with Crippen molar-refractivity contribution in [1.82, 2.24) is 5.32 Å². The Morgan fingerprint density at radius 3 is 2.52 bits per heavy atom. The zero-order valence-electron chi connectivity index (χ0n) is 11.1. The summed E-state index contributed by atoms with van der Waals surface area (Å²) >= 11 is 6.63. The summed E-state index contributed by atoms with van der Waals surface area (Å²) in [6.07, 6.45) is 0. The summed E-state index contributed by atoms with van der Waals surface area (Å²) in [5.74, 6) is 0.727. The molecule has 1 N–H and O–H groups in total.